The lowest BCUT2D eigenvalue weighted by Crippen LogP contribution is -2.17. The van der Waals surface area contributed by atoms with Crippen molar-refractivity contribution < 1.29 is 19.2 Å². The number of hydrogen-bond donors (Lipinski definition) is 2. The summed E-state index contributed by atoms with van der Waals surface area (Å²) in [5.41, 5.74) is 5.63. The van der Waals surface area contributed by atoms with Gasteiger partial charge in [0.2, 0.25) is 0 Å². The molecule has 4 aromatic rings. The molecule has 40 heavy (non-hydrogen) atoms. The molecule has 0 atom stereocenters. The van der Waals surface area contributed by atoms with Gasteiger partial charge in [0.1, 0.15) is 5.75 Å². The number of pyridine rings is 1. The van der Waals surface area contributed by atoms with Crippen LogP contribution in [0.1, 0.15) is 24.0 Å². The summed E-state index contributed by atoms with van der Waals surface area (Å²) in [6.07, 6.45) is 7.36. The van der Waals surface area contributed by atoms with Crippen molar-refractivity contribution in [2.75, 3.05) is 24.4 Å². The highest BCUT2D eigenvalue weighted by Gasteiger charge is 2.26. The minimum absolute atomic E-state index is 0.0840. The molecule has 9 heteroatoms. The number of nitro benzene ring substituents is 1. The molecular formula is C31H26N4O5. The van der Waals surface area contributed by atoms with Gasteiger partial charge in [-0.05, 0) is 83.5 Å². The quantitative estimate of drug-likeness (QED) is 0.212. The molecule has 1 aliphatic carbocycles. The third-order valence-electron chi connectivity index (χ3n) is 7.18. The van der Waals surface area contributed by atoms with Gasteiger partial charge < -0.3 is 20.1 Å². The molecule has 200 valence electrons. The van der Waals surface area contributed by atoms with Crippen LogP contribution in [0.4, 0.5) is 17.1 Å². The smallest absolute Gasteiger partial charge is 0.310 e. The minimum Gasteiger partial charge on any atom is -0.493 e. The van der Waals surface area contributed by atoms with Gasteiger partial charge in [-0.25, -0.2) is 0 Å². The van der Waals surface area contributed by atoms with Gasteiger partial charge >= 0.3 is 5.69 Å². The van der Waals surface area contributed by atoms with E-state index in [0.29, 0.717) is 37.1 Å². The van der Waals surface area contributed by atoms with E-state index in [1.807, 2.05) is 54.7 Å². The van der Waals surface area contributed by atoms with Gasteiger partial charge in [-0.1, -0.05) is 12.1 Å². The third-order valence-corrected chi connectivity index (χ3v) is 7.18. The van der Waals surface area contributed by atoms with Crippen LogP contribution in [0.3, 0.4) is 0 Å². The van der Waals surface area contributed by atoms with Crippen molar-refractivity contribution in [3.8, 4) is 11.5 Å². The number of nitro groups is 1. The van der Waals surface area contributed by atoms with E-state index >= 15 is 0 Å². The van der Waals surface area contributed by atoms with E-state index < -0.39 is 4.92 Å². The normalized spacial score (nSPS) is 14.3. The zero-order valence-electron chi connectivity index (χ0n) is 21.8. The third kappa shape index (κ3) is 4.96. The summed E-state index contributed by atoms with van der Waals surface area (Å²) in [4.78, 5) is 28.1. The number of benzene rings is 3. The molecule has 1 aliphatic heterocycles. The van der Waals surface area contributed by atoms with Crippen LogP contribution in [0.2, 0.25) is 0 Å². The van der Waals surface area contributed by atoms with Crippen LogP contribution in [0, 0.1) is 10.1 Å². The van der Waals surface area contributed by atoms with Crippen molar-refractivity contribution in [3.63, 3.8) is 0 Å². The van der Waals surface area contributed by atoms with Crippen molar-refractivity contribution in [2.24, 2.45) is 0 Å². The zero-order valence-corrected chi connectivity index (χ0v) is 21.8. The van der Waals surface area contributed by atoms with E-state index in [-0.39, 0.29) is 17.3 Å². The number of amides is 1. The predicted molar refractivity (Wildman–Crippen MR) is 154 cm³/mol. The van der Waals surface area contributed by atoms with Gasteiger partial charge in [-0.3, -0.25) is 19.9 Å². The van der Waals surface area contributed by atoms with Crippen LogP contribution < -0.4 is 20.1 Å². The lowest BCUT2D eigenvalue weighted by molar-refractivity contribution is -0.385. The first kappa shape index (κ1) is 25.1. The average molecular weight is 535 g/mol. The standard InChI is InChI=1S/C31H26N4O5/c1-39-30-17-22(5-9-29(30)35(37)38)21-4-7-25-27(16-21)33-26-8-2-19(14-28(26)34-31(25)36)11-13-40-24-6-3-20-10-12-32-18-23(20)15-24/h2-3,5-6,8-10,12,14-18,33H,4,7,11,13H2,1H3,(H,34,36). The first-order chi connectivity index (χ1) is 19.5. The Hall–Kier alpha value is -5.18. The number of carbonyl (C=O) groups is 1. The summed E-state index contributed by atoms with van der Waals surface area (Å²) in [6.45, 7) is 0.492. The molecule has 0 unspecified atom stereocenters. The fourth-order valence-electron chi connectivity index (χ4n) is 5.07. The summed E-state index contributed by atoms with van der Waals surface area (Å²) < 4.78 is 11.2. The van der Waals surface area contributed by atoms with Gasteiger partial charge in [0.25, 0.3) is 5.91 Å². The van der Waals surface area contributed by atoms with Crippen molar-refractivity contribution in [1.29, 1.82) is 0 Å². The highest BCUT2D eigenvalue weighted by atomic mass is 16.6. The molecule has 0 radical (unpaired) electrons. The summed E-state index contributed by atoms with van der Waals surface area (Å²) in [6, 6.07) is 18.7. The van der Waals surface area contributed by atoms with Gasteiger partial charge in [0.15, 0.2) is 5.75 Å². The maximum absolute atomic E-state index is 13.1. The largest absolute Gasteiger partial charge is 0.493 e. The molecule has 6 rings (SSSR count). The van der Waals surface area contributed by atoms with Crippen molar-refractivity contribution in [2.45, 2.75) is 19.3 Å². The van der Waals surface area contributed by atoms with Crippen molar-refractivity contribution in [3.05, 3.63) is 112 Å². The fraction of sp³-hybridized carbons (Fsp3) is 0.161. The highest BCUT2D eigenvalue weighted by molar-refractivity contribution is 6.09. The molecule has 0 saturated carbocycles. The first-order valence-corrected chi connectivity index (χ1v) is 12.9. The summed E-state index contributed by atoms with van der Waals surface area (Å²) in [7, 11) is 1.41. The summed E-state index contributed by atoms with van der Waals surface area (Å²) >= 11 is 0. The predicted octanol–water partition coefficient (Wildman–Crippen LogP) is 6.27. The summed E-state index contributed by atoms with van der Waals surface area (Å²) in [5, 5.41) is 19.9. The van der Waals surface area contributed by atoms with Gasteiger partial charge in [0.05, 0.1) is 30.0 Å². The lowest BCUT2D eigenvalue weighted by Gasteiger charge is -2.19. The number of fused-ring (bicyclic) bond motifs is 2. The zero-order chi connectivity index (χ0) is 27.6. The van der Waals surface area contributed by atoms with E-state index in [4.69, 9.17) is 9.47 Å². The number of aromatic nitrogens is 1. The minimum atomic E-state index is -0.464. The number of nitrogens with zero attached hydrogens (tertiary/aromatic N) is 2. The molecule has 2 aliphatic rings. The van der Waals surface area contributed by atoms with Crippen LogP contribution in [0.25, 0.3) is 16.3 Å². The van der Waals surface area contributed by atoms with E-state index in [1.54, 1.807) is 18.3 Å². The monoisotopic (exact) mass is 534 g/mol. The number of ether oxygens (including phenoxy) is 2. The van der Waals surface area contributed by atoms with E-state index in [9.17, 15) is 14.9 Å². The average Bonchev–Trinajstić information content (AvgIpc) is 3.11. The van der Waals surface area contributed by atoms with Gasteiger partial charge in [-0.2, -0.15) is 0 Å². The number of nitrogens with one attached hydrogen (secondary N) is 2. The maximum Gasteiger partial charge on any atom is 0.310 e. The number of anilines is 2. The van der Waals surface area contributed by atoms with Crippen molar-refractivity contribution in [1.82, 2.24) is 4.98 Å². The SMILES string of the molecule is COc1cc(C2=CC3=C(CC2)C(=O)Nc2cc(CCOc4ccc5ccncc5c4)ccc2N3)ccc1[N+](=O)[O-]. The molecule has 0 bridgehead atoms. The number of carbonyl (C=O) groups excluding carboxylic acids is 1. The van der Waals surface area contributed by atoms with Crippen LogP contribution >= 0.6 is 0 Å². The van der Waals surface area contributed by atoms with Gasteiger partial charge in [-0.15, -0.1) is 0 Å². The topological polar surface area (TPSA) is 116 Å². The number of hydrogen-bond acceptors (Lipinski definition) is 7. The molecule has 2 N–H and O–H groups in total. The Bertz CT molecular complexity index is 1730. The molecule has 1 aromatic heterocycles. The van der Waals surface area contributed by atoms with Crippen LogP contribution in [0.15, 0.2) is 90.4 Å². The highest BCUT2D eigenvalue weighted by Crippen LogP contribution is 2.38. The second kappa shape index (κ2) is 10.5. The molecule has 3 aromatic carbocycles. The maximum atomic E-state index is 13.1. The van der Waals surface area contributed by atoms with E-state index in [2.05, 4.69) is 15.6 Å². The molecular weight excluding hydrogens is 508 g/mol. The number of methoxy groups -OCH3 is 1. The number of allylic oxidation sites excluding steroid dienone is 2. The molecule has 1 amide bonds. The molecule has 0 saturated heterocycles. The molecule has 0 fully saturated rings. The Kier molecular flexibility index (Phi) is 6.61. The Labute approximate surface area is 230 Å². The van der Waals surface area contributed by atoms with E-state index in [0.717, 1.165) is 44.6 Å². The van der Waals surface area contributed by atoms with E-state index in [1.165, 1.54) is 13.2 Å². The van der Waals surface area contributed by atoms with Crippen molar-refractivity contribution >= 4 is 39.3 Å². The molecule has 0 spiro atoms. The fourth-order valence-corrected chi connectivity index (χ4v) is 5.07. The Morgan fingerprint density at radius 3 is 2.73 bits per heavy atom. The second-order valence-corrected chi connectivity index (χ2v) is 9.65. The summed E-state index contributed by atoms with van der Waals surface area (Å²) in [5.74, 6) is 0.848. The Morgan fingerprint density at radius 1 is 0.975 bits per heavy atom. The first-order valence-electron chi connectivity index (χ1n) is 12.9. The van der Waals surface area contributed by atoms with Gasteiger partial charge in [0, 0.05) is 41.5 Å². The molecule has 9 nitrogen and oxygen atoms in total. The molecule has 2 heterocycles. The van der Waals surface area contributed by atoms with Crippen LogP contribution in [-0.2, 0) is 11.2 Å². The Balaban J connectivity index is 1.18. The lowest BCUT2D eigenvalue weighted by atomic mass is 9.90. The van der Waals surface area contributed by atoms with Crippen LogP contribution in [-0.4, -0.2) is 29.5 Å². The second-order valence-electron chi connectivity index (χ2n) is 9.65. The Morgan fingerprint density at radius 2 is 1.88 bits per heavy atom. The number of rotatable bonds is 7. The van der Waals surface area contributed by atoms with Crippen LogP contribution in [0.5, 0.6) is 11.5 Å².